The van der Waals surface area contributed by atoms with Crippen LogP contribution in [0.1, 0.15) is 22.4 Å². The van der Waals surface area contributed by atoms with Gasteiger partial charge in [0, 0.05) is 18.4 Å². The Kier molecular flexibility index (Phi) is 8.39. The summed E-state index contributed by atoms with van der Waals surface area (Å²) in [6.07, 6.45) is 2.26. The first-order valence-electron chi connectivity index (χ1n) is 9.69. The summed E-state index contributed by atoms with van der Waals surface area (Å²) in [7, 11) is 1.51. The number of aromatic nitrogens is 3. The summed E-state index contributed by atoms with van der Waals surface area (Å²) >= 11 is 5.66. The fourth-order valence-corrected chi connectivity index (χ4v) is 2.85. The molecule has 12 heteroatoms. The normalized spacial score (nSPS) is 10.7. The molecule has 0 radical (unpaired) electrons. The number of carbonyl (C=O) groups excluding carboxylic acids is 1. The minimum absolute atomic E-state index is 0.0376. The Labute approximate surface area is 199 Å². The molecule has 0 fully saturated rings. The van der Waals surface area contributed by atoms with E-state index in [1.54, 1.807) is 37.3 Å². The fraction of sp³-hybridized carbons (Fsp3) is 0.182. The molecule has 1 N–H and O–H groups in total. The van der Waals surface area contributed by atoms with E-state index in [1.807, 2.05) is 6.07 Å². The lowest BCUT2D eigenvalue weighted by Gasteiger charge is -2.10. The summed E-state index contributed by atoms with van der Waals surface area (Å²) < 4.78 is 29.6. The van der Waals surface area contributed by atoms with E-state index in [4.69, 9.17) is 25.8 Å². The van der Waals surface area contributed by atoms with E-state index in [-0.39, 0.29) is 35.0 Å². The average Bonchev–Trinajstić information content (AvgIpc) is 2.80. The molecule has 2 heterocycles. The van der Waals surface area contributed by atoms with E-state index in [2.05, 4.69) is 25.5 Å². The topological polar surface area (TPSA) is 132 Å². The smallest absolute Gasteiger partial charge is 0.278 e. The first kappa shape index (κ1) is 24.5. The molecule has 2 aromatic heterocycles. The largest absolute Gasteiger partial charge is 0.467 e. The SMILES string of the molecule is COCc1cc(C)nc(OCC(=O)N/N=C\c2cccc(Oc3nc(Cl)ncc3F)c2)c1C#N. The second kappa shape index (κ2) is 11.6. The molecule has 0 spiro atoms. The monoisotopic (exact) mass is 484 g/mol. The van der Waals surface area contributed by atoms with E-state index >= 15 is 0 Å². The molecule has 3 rings (SSSR count). The molecule has 0 saturated heterocycles. The van der Waals surface area contributed by atoms with Crippen LogP contribution in [-0.2, 0) is 16.1 Å². The maximum absolute atomic E-state index is 13.8. The predicted molar refractivity (Wildman–Crippen MR) is 119 cm³/mol. The second-order valence-corrected chi connectivity index (χ2v) is 7.03. The van der Waals surface area contributed by atoms with Gasteiger partial charge in [-0.25, -0.2) is 15.4 Å². The number of aryl methyl sites for hydroxylation is 1. The molecule has 174 valence electrons. The van der Waals surface area contributed by atoms with Crippen molar-refractivity contribution in [2.75, 3.05) is 13.7 Å². The highest BCUT2D eigenvalue weighted by atomic mass is 35.5. The van der Waals surface area contributed by atoms with Gasteiger partial charge in [-0.05, 0) is 42.3 Å². The minimum atomic E-state index is -0.771. The number of ether oxygens (including phenoxy) is 3. The van der Waals surface area contributed by atoms with Crippen molar-refractivity contribution in [2.45, 2.75) is 13.5 Å². The Morgan fingerprint density at radius 2 is 2.15 bits per heavy atom. The summed E-state index contributed by atoms with van der Waals surface area (Å²) in [5, 5.41) is 13.1. The quantitative estimate of drug-likeness (QED) is 0.278. The molecule has 34 heavy (non-hydrogen) atoms. The van der Waals surface area contributed by atoms with E-state index in [9.17, 15) is 14.4 Å². The fourth-order valence-electron chi connectivity index (χ4n) is 2.72. The van der Waals surface area contributed by atoms with Gasteiger partial charge in [-0.2, -0.15) is 19.7 Å². The number of hydrazone groups is 1. The van der Waals surface area contributed by atoms with Gasteiger partial charge < -0.3 is 14.2 Å². The van der Waals surface area contributed by atoms with Gasteiger partial charge in [0.2, 0.25) is 17.0 Å². The molecule has 0 saturated carbocycles. The highest BCUT2D eigenvalue weighted by molar-refractivity contribution is 6.28. The van der Waals surface area contributed by atoms with Crippen LogP contribution in [0.5, 0.6) is 17.5 Å². The second-order valence-electron chi connectivity index (χ2n) is 6.70. The molecule has 0 atom stereocenters. The number of nitrogens with zero attached hydrogens (tertiary/aromatic N) is 5. The van der Waals surface area contributed by atoms with Crippen molar-refractivity contribution in [3.8, 4) is 23.6 Å². The summed E-state index contributed by atoms with van der Waals surface area (Å²) in [5.41, 5.74) is 4.28. The van der Waals surface area contributed by atoms with E-state index in [0.717, 1.165) is 6.20 Å². The van der Waals surface area contributed by atoms with E-state index < -0.39 is 18.3 Å². The van der Waals surface area contributed by atoms with Crippen LogP contribution < -0.4 is 14.9 Å². The Bertz CT molecular complexity index is 1260. The predicted octanol–water partition coefficient (Wildman–Crippen LogP) is 3.31. The Balaban J connectivity index is 1.59. The summed E-state index contributed by atoms with van der Waals surface area (Å²) in [6, 6.07) is 10.2. The average molecular weight is 485 g/mol. The van der Waals surface area contributed by atoms with Crippen LogP contribution in [0.25, 0.3) is 0 Å². The lowest BCUT2D eigenvalue weighted by atomic mass is 10.1. The van der Waals surface area contributed by atoms with Crippen LogP contribution in [0.4, 0.5) is 4.39 Å². The van der Waals surface area contributed by atoms with Crippen LogP contribution in [-0.4, -0.2) is 40.8 Å². The van der Waals surface area contributed by atoms with Crippen LogP contribution >= 0.6 is 11.6 Å². The third-order valence-corrected chi connectivity index (χ3v) is 4.29. The van der Waals surface area contributed by atoms with Crippen LogP contribution in [0.3, 0.4) is 0 Å². The number of nitriles is 1. The van der Waals surface area contributed by atoms with Gasteiger partial charge in [-0.3, -0.25) is 4.79 Å². The summed E-state index contributed by atoms with van der Waals surface area (Å²) in [6.45, 7) is 1.54. The number of rotatable bonds is 9. The number of pyridine rings is 1. The highest BCUT2D eigenvalue weighted by Crippen LogP contribution is 2.23. The van der Waals surface area contributed by atoms with Crippen molar-refractivity contribution in [1.29, 1.82) is 5.26 Å². The minimum Gasteiger partial charge on any atom is -0.467 e. The van der Waals surface area contributed by atoms with Crippen LogP contribution in [0, 0.1) is 24.1 Å². The highest BCUT2D eigenvalue weighted by Gasteiger charge is 2.14. The Morgan fingerprint density at radius 1 is 1.32 bits per heavy atom. The molecule has 1 aromatic carbocycles. The van der Waals surface area contributed by atoms with Crippen molar-refractivity contribution >= 4 is 23.7 Å². The zero-order chi connectivity index (χ0) is 24.5. The molecule has 0 bridgehead atoms. The Hall–Kier alpha value is -4.14. The third-order valence-electron chi connectivity index (χ3n) is 4.11. The van der Waals surface area contributed by atoms with Crippen molar-refractivity contribution in [1.82, 2.24) is 20.4 Å². The molecule has 0 aliphatic heterocycles. The number of hydrogen-bond donors (Lipinski definition) is 1. The van der Waals surface area contributed by atoms with Crippen LogP contribution in [0.15, 0.2) is 41.6 Å². The van der Waals surface area contributed by atoms with Gasteiger partial charge in [0.05, 0.1) is 19.0 Å². The first-order valence-corrected chi connectivity index (χ1v) is 10.1. The number of amides is 1. The first-order chi connectivity index (χ1) is 16.4. The maximum atomic E-state index is 13.8. The number of hydrogen-bond acceptors (Lipinski definition) is 9. The van der Waals surface area contributed by atoms with E-state index in [1.165, 1.54) is 13.3 Å². The molecular weight excluding hydrogens is 467 g/mol. The van der Waals surface area contributed by atoms with Crippen molar-refractivity contribution in [3.63, 3.8) is 0 Å². The number of nitrogens with one attached hydrogen (secondary N) is 1. The van der Waals surface area contributed by atoms with E-state index in [0.29, 0.717) is 16.8 Å². The maximum Gasteiger partial charge on any atom is 0.278 e. The van der Waals surface area contributed by atoms with Gasteiger partial charge in [-0.1, -0.05) is 12.1 Å². The number of methoxy groups -OCH3 is 1. The van der Waals surface area contributed by atoms with Crippen molar-refractivity contribution < 1.29 is 23.4 Å². The lowest BCUT2D eigenvalue weighted by molar-refractivity contribution is -0.123. The van der Waals surface area contributed by atoms with Crippen molar-refractivity contribution in [3.05, 3.63) is 70.0 Å². The van der Waals surface area contributed by atoms with Crippen molar-refractivity contribution in [2.24, 2.45) is 5.10 Å². The third kappa shape index (κ3) is 6.68. The van der Waals surface area contributed by atoms with Crippen LogP contribution in [0.2, 0.25) is 5.28 Å². The summed E-state index contributed by atoms with van der Waals surface area (Å²) in [4.78, 5) is 23.5. The summed E-state index contributed by atoms with van der Waals surface area (Å²) in [5.74, 6) is -1.35. The molecular formula is C22H18ClFN6O4. The molecule has 1 amide bonds. The standard InChI is InChI=1S/C22H18ClFN6O4/c1-13-6-15(11-32-2)17(8-25)20(28-13)33-12-19(31)30-27-9-14-4-3-5-16(7-14)34-21-18(24)10-26-22(23)29-21/h3-7,9-10H,11-12H2,1-2H3,(H,30,31)/b27-9-. The Morgan fingerprint density at radius 3 is 2.91 bits per heavy atom. The lowest BCUT2D eigenvalue weighted by Crippen LogP contribution is -2.25. The number of carbonyl (C=O) groups is 1. The molecule has 0 aliphatic carbocycles. The zero-order valence-electron chi connectivity index (χ0n) is 18.1. The molecule has 0 aliphatic rings. The van der Waals surface area contributed by atoms with Gasteiger partial charge in [0.1, 0.15) is 17.4 Å². The van der Waals surface area contributed by atoms with Gasteiger partial charge >= 0.3 is 0 Å². The van der Waals surface area contributed by atoms with Gasteiger partial charge in [0.25, 0.3) is 11.8 Å². The molecule has 10 nitrogen and oxygen atoms in total. The number of halogens is 2. The zero-order valence-corrected chi connectivity index (χ0v) is 18.8. The number of benzene rings is 1. The molecule has 3 aromatic rings. The van der Waals surface area contributed by atoms with Gasteiger partial charge in [0.15, 0.2) is 6.61 Å². The molecule has 0 unspecified atom stereocenters. The van der Waals surface area contributed by atoms with Gasteiger partial charge in [-0.15, -0.1) is 0 Å².